The van der Waals surface area contributed by atoms with Gasteiger partial charge in [0.25, 0.3) is 0 Å². The molecule has 0 unspecified atom stereocenters. The van der Waals surface area contributed by atoms with Gasteiger partial charge in [-0.1, -0.05) is 0 Å². The van der Waals surface area contributed by atoms with Gasteiger partial charge in [-0.2, -0.15) is 0 Å². The number of nitrogens with two attached hydrogens (primary N) is 1. The molecule has 0 spiro atoms. The summed E-state index contributed by atoms with van der Waals surface area (Å²) in [6.07, 6.45) is 5.60. The molecule has 5 heteroatoms. The van der Waals surface area contributed by atoms with Crippen molar-refractivity contribution in [2.24, 2.45) is 11.7 Å². The fraction of sp³-hybridized carbons (Fsp3) is 0.636. The van der Waals surface area contributed by atoms with E-state index in [9.17, 15) is 4.79 Å². The number of imidazole rings is 1. The molecule has 1 fully saturated rings. The highest BCUT2D eigenvalue weighted by Gasteiger charge is 2.24. The Morgan fingerprint density at radius 1 is 1.56 bits per heavy atom. The molecule has 0 aromatic carbocycles. The second-order valence-corrected chi connectivity index (χ2v) is 4.02. The molecular formula is C11H17N3O2. The van der Waals surface area contributed by atoms with Crippen LogP contribution in [-0.4, -0.2) is 35.2 Å². The minimum atomic E-state index is 0.0690. The van der Waals surface area contributed by atoms with Crippen LogP contribution >= 0.6 is 0 Å². The molecule has 5 nitrogen and oxygen atoms in total. The van der Waals surface area contributed by atoms with Crippen molar-refractivity contribution in [3.8, 4) is 0 Å². The van der Waals surface area contributed by atoms with Gasteiger partial charge in [0.05, 0.1) is 0 Å². The van der Waals surface area contributed by atoms with Crippen LogP contribution in [0.25, 0.3) is 0 Å². The third kappa shape index (κ3) is 2.31. The average molecular weight is 223 g/mol. The molecule has 1 aromatic heterocycles. The lowest BCUT2D eigenvalue weighted by molar-refractivity contribution is 0.0484. The fourth-order valence-corrected chi connectivity index (χ4v) is 1.99. The van der Waals surface area contributed by atoms with Gasteiger partial charge in [-0.15, -0.1) is 0 Å². The Balaban J connectivity index is 2.09. The monoisotopic (exact) mass is 223 g/mol. The fourth-order valence-electron chi connectivity index (χ4n) is 1.99. The predicted molar refractivity (Wildman–Crippen MR) is 59.2 cm³/mol. The van der Waals surface area contributed by atoms with Crippen molar-refractivity contribution in [1.82, 2.24) is 9.55 Å². The van der Waals surface area contributed by atoms with Crippen LogP contribution in [-0.2, 0) is 11.2 Å². The van der Waals surface area contributed by atoms with Crippen molar-refractivity contribution in [2.45, 2.75) is 19.3 Å². The first-order chi connectivity index (χ1) is 7.83. The predicted octanol–water partition coefficient (Wildman–Crippen LogP) is 0.451. The van der Waals surface area contributed by atoms with Crippen LogP contribution in [0.5, 0.6) is 0 Å². The number of nitrogens with zero attached hydrogens (tertiary/aromatic N) is 2. The number of ether oxygens (including phenoxy) is 1. The smallest absolute Gasteiger partial charge is 0.235 e. The van der Waals surface area contributed by atoms with E-state index >= 15 is 0 Å². The molecule has 1 aromatic rings. The van der Waals surface area contributed by atoms with Gasteiger partial charge < -0.3 is 10.5 Å². The van der Waals surface area contributed by atoms with Gasteiger partial charge in [0.15, 0.2) is 0 Å². The molecule has 2 heterocycles. The summed E-state index contributed by atoms with van der Waals surface area (Å²) in [4.78, 5) is 16.2. The summed E-state index contributed by atoms with van der Waals surface area (Å²) in [7, 11) is 0. The summed E-state index contributed by atoms with van der Waals surface area (Å²) in [6.45, 7) is 1.89. The van der Waals surface area contributed by atoms with Gasteiger partial charge in [0.1, 0.15) is 6.33 Å². The van der Waals surface area contributed by atoms with Crippen molar-refractivity contribution < 1.29 is 9.53 Å². The van der Waals surface area contributed by atoms with Gasteiger partial charge in [0, 0.05) is 37.4 Å². The first-order valence-corrected chi connectivity index (χ1v) is 5.66. The van der Waals surface area contributed by atoms with E-state index in [0.717, 1.165) is 18.5 Å². The van der Waals surface area contributed by atoms with Crippen molar-refractivity contribution >= 4 is 5.91 Å². The van der Waals surface area contributed by atoms with E-state index in [1.807, 2.05) is 0 Å². The van der Waals surface area contributed by atoms with Gasteiger partial charge in [0.2, 0.25) is 5.91 Å². The molecule has 0 radical (unpaired) electrons. The zero-order chi connectivity index (χ0) is 11.4. The lowest BCUT2D eigenvalue weighted by Gasteiger charge is -2.21. The molecule has 88 valence electrons. The maximum Gasteiger partial charge on any atom is 0.235 e. The number of hydrogen-bond donors (Lipinski definition) is 1. The van der Waals surface area contributed by atoms with Crippen LogP contribution in [0.3, 0.4) is 0 Å². The summed E-state index contributed by atoms with van der Waals surface area (Å²) in [5, 5.41) is 0. The minimum Gasteiger partial charge on any atom is -0.381 e. The Morgan fingerprint density at radius 2 is 2.31 bits per heavy atom. The van der Waals surface area contributed by atoms with Crippen molar-refractivity contribution in [2.75, 3.05) is 19.8 Å². The van der Waals surface area contributed by atoms with Crippen molar-refractivity contribution in [3.05, 3.63) is 18.2 Å². The second-order valence-electron chi connectivity index (χ2n) is 4.02. The SMILES string of the molecule is NCCc1cncn1C(=O)C1CCOCC1. The Bertz CT molecular complexity index is 356. The number of aromatic nitrogens is 2. The van der Waals surface area contributed by atoms with E-state index in [1.54, 1.807) is 17.1 Å². The lowest BCUT2D eigenvalue weighted by atomic mass is 9.99. The molecule has 2 rings (SSSR count). The Morgan fingerprint density at radius 3 is 3.00 bits per heavy atom. The maximum absolute atomic E-state index is 12.2. The Hall–Kier alpha value is -1.20. The van der Waals surface area contributed by atoms with Crippen LogP contribution in [0.15, 0.2) is 12.5 Å². The number of carbonyl (C=O) groups is 1. The molecule has 0 atom stereocenters. The Labute approximate surface area is 94.6 Å². The molecule has 1 aliphatic rings. The van der Waals surface area contributed by atoms with Gasteiger partial charge in [-0.05, 0) is 19.4 Å². The minimum absolute atomic E-state index is 0.0690. The normalized spacial score (nSPS) is 17.6. The summed E-state index contributed by atoms with van der Waals surface area (Å²) in [5.41, 5.74) is 6.40. The number of carbonyl (C=O) groups excluding carboxylic acids is 1. The molecule has 1 aliphatic heterocycles. The largest absolute Gasteiger partial charge is 0.381 e. The second kappa shape index (κ2) is 5.23. The zero-order valence-electron chi connectivity index (χ0n) is 9.26. The molecule has 0 aliphatic carbocycles. The third-order valence-electron chi connectivity index (χ3n) is 2.92. The quantitative estimate of drug-likeness (QED) is 0.807. The topological polar surface area (TPSA) is 70.1 Å². The van der Waals surface area contributed by atoms with Gasteiger partial charge in [-0.3, -0.25) is 9.36 Å². The summed E-state index contributed by atoms with van der Waals surface area (Å²) in [5.74, 6) is 0.198. The molecule has 2 N–H and O–H groups in total. The highest BCUT2D eigenvalue weighted by molar-refractivity contribution is 5.82. The molecular weight excluding hydrogens is 206 g/mol. The Kier molecular flexibility index (Phi) is 3.69. The average Bonchev–Trinajstić information content (AvgIpc) is 2.78. The highest BCUT2D eigenvalue weighted by Crippen LogP contribution is 2.17. The highest BCUT2D eigenvalue weighted by atomic mass is 16.5. The summed E-state index contributed by atoms with van der Waals surface area (Å²) >= 11 is 0. The van der Waals surface area contributed by atoms with Crippen LogP contribution < -0.4 is 5.73 Å². The molecule has 1 saturated heterocycles. The van der Waals surface area contributed by atoms with Crippen LogP contribution in [0.4, 0.5) is 0 Å². The third-order valence-corrected chi connectivity index (χ3v) is 2.92. The van der Waals surface area contributed by atoms with E-state index in [0.29, 0.717) is 26.2 Å². The van der Waals surface area contributed by atoms with Gasteiger partial charge in [-0.25, -0.2) is 4.98 Å². The standard InChI is InChI=1S/C11H17N3O2/c12-4-1-10-7-13-8-14(10)11(15)9-2-5-16-6-3-9/h7-9H,1-6,12H2. The van der Waals surface area contributed by atoms with E-state index < -0.39 is 0 Å². The van der Waals surface area contributed by atoms with E-state index in [-0.39, 0.29) is 11.8 Å². The van der Waals surface area contributed by atoms with E-state index in [4.69, 9.17) is 10.5 Å². The van der Waals surface area contributed by atoms with Crippen molar-refractivity contribution in [1.29, 1.82) is 0 Å². The summed E-state index contributed by atoms with van der Waals surface area (Å²) < 4.78 is 6.89. The van der Waals surface area contributed by atoms with E-state index in [1.165, 1.54) is 0 Å². The maximum atomic E-state index is 12.2. The molecule has 0 amide bonds. The molecule has 16 heavy (non-hydrogen) atoms. The number of rotatable bonds is 3. The molecule has 0 saturated carbocycles. The van der Waals surface area contributed by atoms with E-state index in [2.05, 4.69) is 4.98 Å². The lowest BCUT2D eigenvalue weighted by Crippen LogP contribution is -2.28. The number of hydrogen-bond acceptors (Lipinski definition) is 4. The van der Waals surface area contributed by atoms with Crippen LogP contribution in [0, 0.1) is 5.92 Å². The van der Waals surface area contributed by atoms with Crippen molar-refractivity contribution in [3.63, 3.8) is 0 Å². The first-order valence-electron chi connectivity index (χ1n) is 5.66. The summed E-state index contributed by atoms with van der Waals surface area (Å²) in [6, 6.07) is 0. The van der Waals surface area contributed by atoms with Gasteiger partial charge >= 0.3 is 0 Å². The first kappa shape index (κ1) is 11.3. The zero-order valence-corrected chi connectivity index (χ0v) is 9.26. The molecule has 0 bridgehead atoms. The van der Waals surface area contributed by atoms with Crippen LogP contribution in [0.1, 0.15) is 23.3 Å². The van der Waals surface area contributed by atoms with Crippen LogP contribution in [0.2, 0.25) is 0 Å².